The molecule has 0 saturated heterocycles. The van der Waals surface area contributed by atoms with Crippen LogP contribution in [0.4, 0.5) is 0 Å². The number of hydrogen-bond donors (Lipinski definition) is 0. The lowest BCUT2D eigenvalue weighted by Gasteiger charge is -2.22. The minimum Gasteiger partial charge on any atom is -0.455 e. The Morgan fingerprint density at radius 1 is 0.382 bits per heavy atom. The SMILES string of the molecule is CC1=CCC=C(c2cccc3c2Cc2ccccc2-3)C=C1c1cc(-c2cccc(-c3ccccc3C)c2C)cc(-c2ccccc2-c2cc(-c3cccc4c3oc3ccccc34)ccc2C)c1C. The average Bonchev–Trinajstić information content (AvgIpc) is 3.88. The van der Waals surface area contributed by atoms with Gasteiger partial charge in [-0.1, -0.05) is 170 Å². The van der Waals surface area contributed by atoms with Crippen LogP contribution in [0.15, 0.2) is 210 Å². The number of benzene rings is 9. The largest absolute Gasteiger partial charge is 0.455 e. The van der Waals surface area contributed by atoms with Crippen molar-refractivity contribution in [2.45, 2.75) is 47.5 Å². The second-order valence-corrected chi connectivity index (χ2v) is 18.9. The number of fused-ring (bicyclic) bond motifs is 6. The fraction of sp³-hybridized carbons (Fsp3) is 0.104. The Hall–Kier alpha value is -8.00. The minimum atomic E-state index is 0.876. The first-order valence-electron chi connectivity index (χ1n) is 24.0. The summed E-state index contributed by atoms with van der Waals surface area (Å²) in [4.78, 5) is 0. The number of allylic oxidation sites excluding steroid dienone is 6. The van der Waals surface area contributed by atoms with Gasteiger partial charge in [-0.25, -0.2) is 0 Å². The maximum Gasteiger partial charge on any atom is 0.143 e. The van der Waals surface area contributed by atoms with Crippen molar-refractivity contribution in [2.24, 2.45) is 0 Å². The molecule has 1 heterocycles. The van der Waals surface area contributed by atoms with E-state index in [1.54, 1.807) is 0 Å². The zero-order valence-electron chi connectivity index (χ0n) is 39.4. The zero-order valence-corrected chi connectivity index (χ0v) is 39.4. The van der Waals surface area contributed by atoms with E-state index in [4.69, 9.17) is 4.42 Å². The Balaban J connectivity index is 1.06. The summed E-state index contributed by atoms with van der Waals surface area (Å²) in [5.74, 6) is 0. The summed E-state index contributed by atoms with van der Waals surface area (Å²) in [5.41, 5.74) is 31.0. The summed E-state index contributed by atoms with van der Waals surface area (Å²) < 4.78 is 6.58. The van der Waals surface area contributed by atoms with Crippen molar-refractivity contribution in [3.63, 3.8) is 0 Å². The third kappa shape index (κ3) is 6.92. The van der Waals surface area contributed by atoms with Gasteiger partial charge in [0, 0.05) is 16.3 Å². The molecule has 326 valence electrons. The lowest BCUT2D eigenvalue weighted by Crippen LogP contribution is -1.99. The van der Waals surface area contributed by atoms with E-state index in [0.29, 0.717) is 0 Å². The first-order chi connectivity index (χ1) is 33.3. The third-order valence-corrected chi connectivity index (χ3v) is 14.9. The summed E-state index contributed by atoms with van der Waals surface area (Å²) in [6.07, 6.45) is 9.16. The predicted octanol–water partition coefficient (Wildman–Crippen LogP) is 18.5. The molecule has 1 heteroatoms. The second kappa shape index (κ2) is 16.7. The van der Waals surface area contributed by atoms with E-state index < -0.39 is 0 Å². The van der Waals surface area contributed by atoms with Crippen LogP contribution in [0.25, 0.3) is 99.8 Å². The molecule has 0 aliphatic heterocycles. The molecule has 0 fully saturated rings. The highest BCUT2D eigenvalue weighted by Crippen LogP contribution is 2.47. The molecule has 0 spiro atoms. The number of aryl methyl sites for hydroxylation is 2. The van der Waals surface area contributed by atoms with Crippen molar-refractivity contribution < 1.29 is 4.42 Å². The van der Waals surface area contributed by atoms with Gasteiger partial charge in [-0.15, -0.1) is 0 Å². The van der Waals surface area contributed by atoms with Crippen molar-refractivity contribution in [1.82, 2.24) is 0 Å². The summed E-state index contributed by atoms with van der Waals surface area (Å²) in [5, 5.41) is 2.28. The summed E-state index contributed by atoms with van der Waals surface area (Å²) in [7, 11) is 0. The smallest absolute Gasteiger partial charge is 0.143 e. The van der Waals surface area contributed by atoms with E-state index in [0.717, 1.165) is 45.9 Å². The third-order valence-electron chi connectivity index (χ3n) is 14.9. The van der Waals surface area contributed by atoms with Crippen LogP contribution in [0.3, 0.4) is 0 Å². The van der Waals surface area contributed by atoms with Gasteiger partial charge in [-0.05, 0) is 200 Å². The van der Waals surface area contributed by atoms with E-state index in [2.05, 4.69) is 229 Å². The maximum absolute atomic E-state index is 6.58. The molecule has 0 amide bonds. The van der Waals surface area contributed by atoms with Gasteiger partial charge >= 0.3 is 0 Å². The number of furan rings is 1. The van der Waals surface area contributed by atoms with Gasteiger partial charge in [0.05, 0.1) is 0 Å². The molecule has 0 unspecified atom stereocenters. The van der Waals surface area contributed by atoms with E-state index >= 15 is 0 Å². The molecule has 9 aromatic carbocycles. The fourth-order valence-corrected chi connectivity index (χ4v) is 11.3. The van der Waals surface area contributed by atoms with Gasteiger partial charge < -0.3 is 4.42 Å². The molecule has 68 heavy (non-hydrogen) atoms. The van der Waals surface area contributed by atoms with Gasteiger partial charge in [0.2, 0.25) is 0 Å². The van der Waals surface area contributed by atoms with Crippen LogP contribution >= 0.6 is 0 Å². The lowest BCUT2D eigenvalue weighted by atomic mass is 9.82. The first kappa shape index (κ1) is 41.4. The molecular weight excluding hydrogens is 821 g/mol. The van der Waals surface area contributed by atoms with Gasteiger partial charge in [0.15, 0.2) is 0 Å². The van der Waals surface area contributed by atoms with Crippen LogP contribution in [0.5, 0.6) is 0 Å². The molecule has 10 aromatic rings. The molecule has 0 atom stereocenters. The minimum absolute atomic E-state index is 0.876. The molecule has 0 radical (unpaired) electrons. The Bertz CT molecular complexity index is 3790. The molecule has 12 rings (SSSR count). The van der Waals surface area contributed by atoms with Crippen molar-refractivity contribution >= 4 is 33.1 Å². The molecule has 2 aliphatic rings. The van der Waals surface area contributed by atoms with E-state index in [1.165, 1.54) is 117 Å². The number of rotatable bonds is 7. The molecule has 0 saturated carbocycles. The topological polar surface area (TPSA) is 13.1 Å². The monoisotopic (exact) mass is 872 g/mol. The van der Waals surface area contributed by atoms with Gasteiger partial charge in [0.1, 0.15) is 11.2 Å². The van der Waals surface area contributed by atoms with Crippen LogP contribution in [0.1, 0.15) is 57.9 Å². The van der Waals surface area contributed by atoms with E-state index in [-0.39, 0.29) is 0 Å². The molecule has 1 nitrogen and oxygen atoms in total. The van der Waals surface area contributed by atoms with Crippen LogP contribution in [0, 0.1) is 27.7 Å². The van der Waals surface area contributed by atoms with Crippen LogP contribution < -0.4 is 0 Å². The number of hydrogen-bond acceptors (Lipinski definition) is 1. The van der Waals surface area contributed by atoms with Crippen molar-refractivity contribution in [3.8, 4) is 66.8 Å². The molecule has 1 aromatic heterocycles. The summed E-state index contributed by atoms with van der Waals surface area (Å²) in [6, 6.07) is 67.1. The van der Waals surface area contributed by atoms with E-state index in [1.807, 2.05) is 6.07 Å². The summed E-state index contributed by atoms with van der Waals surface area (Å²) >= 11 is 0. The highest BCUT2D eigenvalue weighted by atomic mass is 16.3. The van der Waals surface area contributed by atoms with E-state index in [9.17, 15) is 0 Å². The van der Waals surface area contributed by atoms with Gasteiger partial charge in [-0.3, -0.25) is 0 Å². The average molecular weight is 873 g/mol. The van der Waals surface area contributed by atoms with Gasteiger partial charge in [-0.2, -0.15) is 0 Å². The number of para-hydroxylation sites is 2. The quantitative estimate of drug-likeness (QED) is 0.155. The highest BCUT2D eigenvalue weighted by Gasteiger charge is 2.25. The fourth-order valence-electron chi connectivity index (χ4n) is 11.3. The Morgan fingerprint density at radius 2 is 0.971 bits per heavy atom. The Morgan fingerprint density at radius 3 is 1.81 bits per heavy atom. The van der Waals surface area contributed by atoms with Crippen molar-refractivity contribution in [3.05, 3.63) is 250 Å². The highest BCUT2D eigenvalue weighted by molar-refractivity contribution is 6.10. The lowest BCUT2D eigenvalue weighted by molar-refractivity contribution is 0.670. The normalized spacial score (nSPS) is 13.2. The van der Waals surface area contributed by atoms with Crippen LogP contribution in [0.2, 0.25) is 0 Å². The predicted molar refractivity (Wildman–Crippen MR) is 289 cm³/mol. The zero-order chi connectivity index (χ0) is 46.0. The van der Waals surface area contributed by atoms with Gasteiger partial charge in [0.25, 0.3) is 0 Å². The molecule has 0 N–H and O–H groups in total. The Labute approximate surface area is 400 Å². The van der Waals surface area contributed by atoms with Crippen molar-refractivity contribution in [1.29, 1.82) is 0 Å². The standard InChI is InChI=1S/C67H52O/c1-41-18-6-8-22-50(41)52-28-15-27-51(44(52)4)49-39-63(45(5)64(40-49)62-36-47(21-14-19-42(62)2)54-29-16-31-56-53-23-9-7-20-46(53)38-65(54)56)58-25-11-10-24-57(58)61-37-48(35-34-43(61)3)55-30-17-32-60-59-26-12-13-33-66(59)68-67(55)60/h6-13,15-37,39-40H,14,38H2,1-5H3. The molecule has 2 aliphatic carbocycles. The van der Waals surface area contributed by atoms with Crippen LogP contribution in [-0.2, 0) is 6.42 Å². The Kier molecular flexibility index (Phi) is 10.2. The second-order valence-electron chi connectivity index (χ2n) is 18.9. The molecule has 0 bridgehead atoms. The molecular formula is C67H52O. The van der Waals surface area contributed by atoms with Crippen molar-refractivity contribution in [2.75, 3.05) is 0 Å². The van der Waals surface area contributed by atoms with Crippen LogP contribution in [-0.4, -0.2) is 0 Å². The first-order valence-corrected chi connectivity index (χ1v) is 24.0. The maximum atomic E-state index is 6.58. The summed E-state index contributed by atoms with van der Waals surface area (Å²) in [6.45, 7) is 11.4.